The number of aliphatic hydroxyl groups excluding tert-OH is 1. The summed E-state index contributed by atoms with van der Waals surface area (Å²) in [5.74, 6) is 0.0533. The van der Waals surface area contributed by atoms with Crippen molar-refractivity contribution in [3.05, 3.63) is 41.1 Å². The van der Waals surface area contributed by atoms with E-state index in [0.717, 1.165) is 5.56 Å². The lowest BCUT2D eigenvalue weighted by molar-refractivity contribution is -0.113. The topological polar surface area (TPSA) is 92.5 Å². The molecule has 114 valence electrons. The number of aromatic amines is 1. The third-order valence-corrected chi connectivity index (χ3v) is 3.01. The molecule has 0 amide bonds. The van der Waals surface area contributed by atoms with Gasteiger partial charge in [0.1, 0.15) is 11.6 Å². The molecule has 2 rings (SSSR count). The fourth-order valence-electron chi connectivity index (χ4n) is 1.86. The highest BCUT2D eigenvalue weighted by Crippen LogP contribution is 2.19. The summed E-state index contributed by atoms with van der Waals surface area (Å²) in [5.41, 5.74) is 2.13. The Hall–Kier alpha value is -2.72. The van der Waals surface area contributed by atoms with Gasteiger partial charge in [-0.2, -0.15) is 0 Å². The van der Waals surface area contributed by atoms with Crippen molar-refractivity contribution in [3.63, 3.8) is 0 Å². The number of fused-ring (bicyclic) bond motifs is 1. The van der Waals surface area contributed by atoms with Gasteiger partial charge < -0.3 is 19.6 Å². The number of rotatable bonds is 6. The van der Waals surface area contributed by atoms with Crippen molar-refractivity contribution in [1.29, 1.82) is 0 Å². The number of nitrogens with one attached hydrogen (secondary N) is 1. The normalized spacial score (nSPS) is 12.9. The van der Waals surface area contributed by atoms with Crippen LogP contribution in [0.4, 0.5) is 0 Å². The van der Waals surface area contributed by atoms with E-state index < -0.39 is 0 Å². The molecule has 2 aromatic rings. The number of carbonyl (C=O) groups excluding carboxylic acids is 1. The number of Topliss-reactive ketones (excluding diaryl/α,β-unsaturated/α-hetero) is 1. The lowest BCUT2D eigenvalue weighted by atomic mass is 10.2. The quantitative estimate of drug-likeness (QED) is 0.625. The first kappa shape index (κ1) is 15.7. The Morgan fingerprint density at radius 2 is 2.41 bits per heavy atom. The van der Waals surface area contributed by atoms with E-state index in [1.54, 1.807) is 19.2 Å². The Kier molecular flexibility index (Phi) is 4.86. The average Bonchev–Trinajstić information content (AvgIpc) is 2.90. The summed E-state index contributed by atoms with van der Waals surface area (Å²) in [6.07, 6.45) is 4.81. The molecule has 0 aliphatic heterocycles. The Bertz CT molecular complexity index is 758. The van der Waals surface area contributed by atoms with Crippen LogP contribution in [0.5, 0.6) is 5.88 Å². The van der Waals surface area contributed by atoms with E-state index in [-0.39, 0.29) is 24.2 Å². The molecule has 0 radical (unpaired) electrons. The van der Waals surface area contributed by atoms with Crippen molar-refractivity contribution in [3.8, 4) is 5.88 Å². The molecule has 1 unspecified atom stereocenters. The van der Waals surface area contributed by atoms with Crippen molar-refractivity contribution < 1.29 is 14.6 Å². The van der Waals surface area contributed by atoms with Gasteiger partial charge in [-0.1, -0.05) is 6.08 Å². The third-order valence-electron chi connectivity index (χ3n) is 3.01. The number of aromatic nitrogens is 3. The third kappa shape index (κ3) is 3.48. The van der Waals surface area contributed by atoms with Crippen LogP contribution < -0.4 is 4.74 Å². The van der Waals surface area contributed by atoms with E-state index in [4.69, 9.17) is 16.4 Å². The average molecular weight is 300 g/mol. The number of aliphatic hydroxyl groups is 1. The number of allylic oxidation sites excluding steroid dienone is 2. The van der Waals surface area contributed by atoms with Crippen LogP contribution in [0.25, 0.3) is 16.0 Å². The predicted octanol–water partition coefficient (Wildman–Crippen LogP) is 1.65. The van der Waals surface area contributed by atoms with Gasteiger partial charge in [0.25, 0.3) is 0 Å². The van der Waals surface area contributed by atoms with Crippen molar-refractivity contribution >= 4 is 16.9 Å². The standard InChI is InChI=1S/C15H16N4O3/c1-9(8-20)22-13-7-18-15-14(19-13)11(6-17-15)4-5-12(16-3)10(2)21/h5-7,9,20H,4,8H2,1-2H3,(H,17,18)/b12-5-. The lowest BCUT2D eigenvalue weighted by Gasteiger charge is -2.10. The molecule has 0 saturated carbocycles. The molecule has 0 bridgehead atoms. The van der Waals surface area contributed by atoms with Gasteiger partial charge in [0.2, 0.25) is 11.6 Å². The van der Waals surface area contributed by atoms with E-state index in [0.29, 0.717) is 23.5 Å². The Morgan fingerprint density at radius 1 is 1.64 bits per heavy atom. The predicted molar refractivity (Wildman–Crippen MR) is 80.1 cm³/mol. The summed E-state index contributed by atoms with van der Waals surface area (Å²) < 4.78 is 5.43. The van der Waals surface area contributed by atoms with E-state index in [2.05, 4.69) is 19.8 Å². The molecule has 7 heteroatoms. The zero-order chi connectivity index (χ0) is 16.1. The van der Waals surface area contributed by atoms with Crippen molar-refractivity contribution in [2.45, 2.75) is 26.4 Å². The smallest absolute Gasteiger partial charge is 0.233 e. The number of H-pyrrole nitrogens is 1. The van der Waals surface area contributed by atoms with Crippen molar-refractivity contribution in [2.24, 2.45) is 0 Å². The minimum atomic E-state index is -0.375. The van der Waals surface area contributed by atoms with Gasteiger partial charge in [-0.25, -0.2) is 14.8 Å². The summed E-state index contributed by atoms with van der Waals surface area (Å²) in [5, 5.41) is 9.00. The molecule has 0 aliphatic carbocycles. The molecule has 2 heterocycles. The zero-order valence-corrected chi connectivity index (χ0v) is 12.3. The van der Waals surface area contributed by atoms with Gasteiger partial charge in [-0.3, -0.25) is 0 Å². The molecule has 0 fully saturated rings. The van der Waals surface area contributed by atoms with Crippen LogP contribution in [-0.4, -0.2) is 38.6 Å². The van der Waals surface area contributed by atoms with Crippen molar-refractivity contribution in [1.82, 2.24) is 15.0 Å². The second-order valence-electron chi connectivity index (χ2n) is 4.79. The fourth-order valence-corrected chi connectivity index (χ4v) is 1.86. The minimum Gasteiger partial charge on any atom is -0.471 e. The maximum atomic E-state index is 11.2. The number of ketones is 1. The van der Waals surface area contributed by atoms with E-state index >= 15 is 0 Å². The zero-order valence-electron chi connectivity index (χ0n) is 12.3. The molecule has 1 atom stereocenters. The highest BCUT2D eigenvalue weighted by Gasteiger charge is 2.10. The molecule has 2 aromatic heterocycles. The maximum absolute atomic E-state index is 11.2. The van der Waals surface area contributed by atoms with Gasteiger partial charge in [-0.05, 0) is 20.3 Å². The van der Waals surface area contributed by atoms with Gasteiger partial charge in [0.05, 0.1) is 19.4 Å². The summed E-state index contributed by atoms with van der Waals surface area (Å²) >= 11 is 0. The van der Waals surface area contributed by atoms with E-state index in [1.165, 1.54) is 13.1 Å². The molecule has 0 aliphatic rings. The van der Waals surface area contributed by atoms with E-state index in [9.17, 15) is 4.79 Å². The van der Waals surface area contributed by atoms with Gasteiger partial charge in [0, 0.05) is 11.8 Å². The van der Waals surface area contributed by atoms with Crippen LogP contribution in [0.15, 0.2) is 24.2 Å². The summed E-state index contributed by atoms with van der Waals surface area (Å²) in [4.78, 5) is 26.0. The van der Waals surface area contributed by atoms with Crippen LogP contribution >= 0.6 is 0 Å². The second kappa shape index (κ2) is 6.83. The monoisotopic (exact) mass is 300 g/mol. The maximum Gasteiger partial charge on any atom is 0.233 e. The van der Waals surface area contributed by atoms with Gasteiger partial charge in [-0.15, -0.1) is 0 Å². The molecule has 7 nitrogen and oxygen atoms in total. The number of carbonyl (C=O) groups is 1. The van der Waals surface area contributed by atoms with Crippen LogP contribution in [-0.2, 0) is 11.2 Å². The Morgan fingerprint density at radius 3 is 3.05 bits per heavy atom. The van der Waals surface area contributed by atoms with Gasteiger partial charge >= 0.3 is 0 Å². The SMILES string of the molecule is [C-]#[N+]/C(=C\Cc1c[nH]c2ncc(OC(C)CO)nc12)C(C)=O. The summed E-state index contributed by atoms with van der Waals surface area (Å²) in [7, 11) is 0. The molecular weight excluding hydrogens is 284 g/mol. The number of hydrogen-bond donors (Lipinski definition) is 2. The fraction of sp³-hybridized carbons (Fsp3) is 0.333. The summed E-state index contributed by atoms with van der Waals surface area (Å²) in [6.45, 7) is 9.94. The molecule has 2 N–H and O–H groups in total. The molecule has 0 saturated heterocycles. The minimum absolute atomic E-state index is 0.101. The van der Waals surface area contributed by atoms with Crippen molar-refractivity contribution in [2.75, 3.05) is 6.61 Å². The summed E-state index contributed by atoms with van der Waals surface area (Å²) in [6, 6.07) is 0. The number of hydrogen-bond acceptors (Lipinski definition) is 5. The second-order valence-corrected chi connectivity index (χ2v) is 4.79. The Balaban J connectivity index is 2.29. The Labute approximate surface area is 127 Å². The van der Waals surface area contributed by atoms with Crippen LogP contribution in [0, 0.1) is 6.57 Å². The van der Waals surface area contributed by atoms with E-state index in [1.807, 2.05) is 0 Å². The molecule has 0 spiro atoms. The molecular formula is C15H16N4O3. The molecule has 22 heavy (non-hydrogen) atoms. The van der Waals surface area contributed by atoms with Crippen LogP contribution in [0.2, 0.25) is 0 Å². The number of nitrogens with zero attached hydrogens (tertiary/aromatic N) is 3. The highest BCUT2D eigenvalue weighted by molar-refractivity contribution is 5.95. The number of ether oxygens (including phenoxy) is 1. The highest BCUT2D eigenvalue weighted by atomic mass is 16.5. The largest absolute Gasteiger partial charge is 0.471 e. The first-order valence-corrected chi connectivity index (χ1v) is 6.74. The first-order valence-electron chi connectivity index (χ1n) is 6.74. The lowest BCUT2D eigenvalue weighted by Crippen LogP contribution is -2.17. The molecule has 0 aromatic carbocycles. The van der Waals surface area contributed by atoms with Crippen LogP contribution in [0.1, 0.15) is 19.4 Å². The van der Waals surface area contributed by atoms with Gasteiger partial charge in [0.15, 0.2) is 11.4 Å². The first-order chi connectivity index (χ1) is 10.5. The van der Waals surface area contributed by atoms with Crippen LogP contribution in [0.3, 0.4) is 0 Å².